The van der Waals surface area contributed by atoms with E-state index >= 15 is 0 Å². The third-order valence-corrected chi connectivity index (χ3v) is 12.8. The fourth-order valence-corrected chi connectivity index (χ4v) is 8.54. The number of ether oxygens (including phenoxy) is 1. The Bertz CT molecular complexity index is 2170. The number of amides is 7. The Hall–Kier alpha value is -6.15. The Balaban J connectivity index is 1.83. The van der Waals surface area contributed by atoms with E-state index in [1.807, 2.05) is 6.92 Å². The van der Waals surface area contributed by atoms with Crippen LogP contribution in [-0.4, -0.2) is 139 Å². The van der Waals surface area contributed by atoms with Crippen LogP contribution in [0, 0.1) is 5.92 Å². The number of carbonyl (C=O) groups is 8. The van der Waals surface area contributed by atoms with Gasteiger partial charge in [-0.1, -0.05) is 82.2 Å². The van der Waals surface area contributed by atoms with Crippen molar-refractivity contribution in [3.63, 3.8) is 0 Å². The number of aliphatic hydroxyl groups excluding tert-OH is 1. The van der Waals surface area contributed by atoms with Crippen molar-refractivity contribution in [2.24, 2.45) is 5.92 Å². The monoisotopic (exact) mass is 965 g/mol. The van der Waals surface area contributed by atoms with Crippen molar-refractivity contribution in [2.75, 3.05) is 19.1 Å². The average Bonchev–Trinajstić information content (AvgIpc) is 3.29. The number of cyclic esters (lactones) is 1. The lowest BCUT2D eigenvalue weighted by molar-refractivity contribution is -0.165. The molecule has 19 nitrogen and oxygen atoms in total. The molecule has 0 saturated carbocycles. The van der Waals surface area contributed by atoms with E-state index in [0.717, 1.165) is 22.6 Å². The molecule has 372 valence electrons. The molecule has 0 aliphatic carbocycles. The molecule has 20 heteroatoms. The Morgan fingerprint density at radius 1 is 0.912 bits per heavy atom. The Morgan fingerprint density at radius 3 is 2.18 bits per heavy atom. The first kappa shape index (κ1) is 54.5. The summed E-state index contributed by atoms with van der Waals surface area (Å²) in [6.45, 7) is 7.97. The van der Waals surface area contributed by atoms with Crippen LogP contribution in [0.3, 0.4) is 0 Å². The van der Waals surface area contributed by atoms with E-state index in [1.54, 1.807) is 56.3 Å². The van der Waals surface area contributed by atoms with Gasteiger partial charge >= 0.3 is 5.97 Å². The van der Waals surface area contributed by atoms with Crippen molar-refractivity contribution in [3.05, 3.63) is 77.5 Å². The summed E-state index contributed by atoms with van der Waals surface area (Å²) in [4.78, 5) is 116. The van der Waals surface area contributed by atoms with Crippen LogP contribution in [0.15, 0.2) is 66.4 Å². The van der Waals surface area contributed by atoms with E-state index in [0.29, 0.717) is 17.5 Å². The van der Waals surface area contributed by atoms with Gasteiger partial charge in [0.2, 0.25) is 29.5 Å². The lowest BCUT2D eigenvalue weighted by Crippen LogP contribution is -2.64. The maximum absolute atomic E-state index is 15.0. The van der Waals surface area contributed by atoms with E-state index < -0.39 is 113 Å². The number of piperidine rings is 1. The van der Waals surface area contributed by atoms with Gasteiger partial charge in [0.05, 0.1) is 0 Å². The van der Waals surface area contributed by atoms with Gasteiger partial charge in [0, 0.05) is 49.1 Å². The topological polar surface area (TPSA) is 270 Å². The number of benzene rings is 2. The summed E-state index contributed by atoms with van der Waals surface area (Å²) in [5.74, 6) is -7.37. The Kier molecular flexibility index (Phi) is 20.7. The van der Waals surface area contributed by atoms with Crippen molar-refractivity contribution < 1.29 is 57.5 Å². The zero-order valence-electron chi connectivity index (χ0n) is 39.8. The average molecular weight is 966 g/mol. The van der Waals surface area contributed by atoms with Crippen molar-refractivity contribution in [1.82, 2.24) is 36.4 Å². The first-order valence-electron chi connectivity index (χ1n) is 23.0. The number of phenolic OH excluding ortho intramolecular Hbond substituents is 1. The molecule has 68 heavy (non-hydrogen) atoms. The highest BCUT2D eigenvalue weighted by molar-refractivity contribution is 7.84. The first-order valence-corrected chi connectivity index (χ1v) is 24.8. The highest BCUT2D eigenvalue weighted by Crippen LogP contribution is 2.25. The number of esters is 1. The highest BCUT2D eigenvalue weighted by Gasteiger charge is 2.45. The van der Waals surface area contributed by atoms with Gasteiger partial charge in [0.25, 0.3) is 11.8 Å². The van der Waals surface area contributed by atoms with Gasteiger partial charge < -0.3 is 51.3 Å². The van der Waals surface area contributed by atoms with Crippen molar-refractivity contribution in [1.29, 1.82) is 0 Å². The maximum Gasteiger partial charge on any atom is 0.329 e. The molecule has 4 rings (SSSR count). The molecule has 2 saturated heterocycles. The molecule has 0 spiro atoms. The quantitative estimate of drug-likeness (QED) is 0.0755. The fourth-order valence-electron chi connectivity index (χ4n) is 7.97. The van der Waals surface area contributed by atoms with Crippen LogP contribution in [0.4, 0.5) is 0 Å². The third-order valence-electron chi connectivity index (χ3n) is 12.0. The number of nitrogens with zero attached hydrogens (tertiary/aromatic N) is 2. The van der Waals surface area contributed by atoms with Gasteiger partial charge in [-0.05, 0) is 68.7 Å². The number of likely N-dealkylation sites (N-methyl/N-ethyl adjacent to an activating group) is 1. The molecule has 2 aliphatic rings. The van der Waals surface area contributed by atoms with Gasteiger partial charge in [-0.2, -0.15) is 0 Å². The van der Waals surface area contributed by atoms with E-state index in [4.69, 9.17) is 4.74 Å². The number of hydrogen-bond donors (Lipinski definition) is 7. The predicted octanol–water partition coefficient (Wildman–Crippen LogP) is 1.22. The Labute approximate surface area is 400 Å². The summed E-state index contributed by atoms with van der Waals surface area (Å²) >= 11 is 0. The number of aliphatic hydroxyl groups is 1. The predicted molar refractivity (Wildman–Crippen MR) is 252 cm³/mol. The number of hydrogen-bond acceptors (Lipinski definition) is 12. The van der Waals surface area contributed by atoms with E-state index in [-0.39, 0.29) is 55.7 Å². The summed E-state index contributed by atoms with van der Waals surface area (Å²) in [7, 11) is -0.00865. The standard InChI is InChI=1S/C48H67N7O12S/c1-8-10-12-17-38(57)49-34(24-25-68(7)66)43(60)53-41-29(5)67-48(65)40(28(3)4)52-44(61)36(26-31-18-20-32(56)21-19-31)54(6)47(64)37(27-30-15-13-11-14-16-30)55-39(58)23-22-35(46(55)63)51-42(59)33(9-2)50-45(41)62/h9,11,13-16,18-21,28-29,34-37,39-41,56,58H,8,10,12,17,22-27H2,1-7H3,(H,49,57)(H,50,62)(H,51,59)(H,52,61)(H,53,60)/b33-9-/t29-,34+,35+,36+,37?,39-,40+,41+,68?/m1/s1. The van der Waals surface area contributed by atoms with E-state index in [9.17, 15) is 52.8 Å². The molecule has 2 heterocycles. The number of carbonyl (C=O) groups excluding carboxylic acids is 8. The molecule has 0 radical (unpaired) electrons. The largest absolute Gasteiger partial charge is 0.508 e. The van der Waals surface area contributed by atoms with E-state index in [1.165, 1.54) is 45.4 Å². The number of phenols is 1. The molecule has 2 aromatic carbocycles. The number of fused-ring (bicyclic) bond motifs is 2. The van der Waals surface area contributed by atoms with Crippen LogP contribution < -0.4 is 26.6 Å². The zero-order valence-corrected chi connectivity index (χ0v) is 40.6. The SMILES string of the molecule is C/C=C1\NC(=O)[C@@H](NC(=O)[C@H](CCS(C)=O)NC(=O)CCCCC)[C@@H](C)OC(=O)[C@H](C(C)C)NC(=O)[C@H](Cc2ccc(O)cc2)N(C)C(=O)C(Cc2ccccc2)N2C(=O)[C@H](CC[C@H]2O)NC1=O. The molecule has 2 unspecified atom stereocenters. The smallest absolute Gasteiger partial charge is 0.329 e. The maximum atomic E-state index is 15.0. The molecule has 7 amide bonds. The summed E-state index contributed by atoms with van der Waals surface area (Å²) < 4.78 is 18.0. The molecule has 2 aromatic rings. The van der Waals surface area contributed by atoms with Gasteiger partial charge in [0.15, 0.2) is 0 Å². The minimum Gasteiger partial charge on any atom is -0.508 e. The summed E-state index contributed by atoms with van der Waals surface area (Å²) in [6, 6.07) is 6.13. The normalized spacial score (nSPS) is 25.0. The van der Waals surface area contributed by atoms with Crippen LogP contribution in [0.25, 0.3) is 0 Å². The Morgan fingerprint density at radius 2 is 1.56 bits per heavy atom. The lowest BCUT2D eigenvalue weighted by atomic mass is 9.95. The van der Waals surface area contributed by atoms with Crippen LogP contribution in [0.1, 0.15) is 90.7 Å². The van der Waals surface area contributed by atoms with Crippen molar-refractivity contribution in [2.45, 2.75) is 141 Å². The zero-order chi connectivity index (χ0) is 50.2. The molecule has 2 fully saturated rings. The first-order chi connectivity index (χ1) is 32.2. The molecule has 2 aliphatic heterocycles. The fraction of sp³-hybridized carbons (Fsp3) is 0.542. The van der Waals surface area contributed by atoms with Crippen molar-refractivity contribution >= 4 is 58.1 Å². The number of allylic oxidation sites excluding steroid dienone is 1. The molecule has 7 N–H and O–H groups in total. The molecule has 0 aromatic heterocycles. The van der Waals surface area contributed by atoms with Crippen LogP contribution >= 0.6 is 0 Å². The minimum absolute atomic E-state index is 0.0171. The second-order valence-electron chi connectivity index (χ2n) is 17.6. The van der Waals surface area contributed by atoms with Gasteiger partial charge in [-0.3, -0.25) is 37.8 Å². The van der Waals surface area contributed by atoms with Crippen LogP contribution in [-0.2, 0) is 66.7 Å². The number of unbranched alkanes of at least 4 members (excludes halogenated alkanes) is 2. The third kappa shape index (κ3) is 15.2. The van der Waals surface area contributed by atoms with Crippen LogP contribution in [0.2, 0.25) is 0 Å². The van der Waals surface area contributed by atoms with Gasteiger partial charge in [-0.15, -0.1) is 0 Å². The number of aromatic hydroxyl groups is 1. The van der Waals surface area contributed by atoms with Crippen LogP contribution in [0.5, 0.6) is 5.75 Å². The van der Waals surface area contributed by atoms with Gasteiger partial charge in [-0.25, -0.2) is 4.79 Å². The summed E-state index contributed by atoms with van der Waals surface area (Å²) in [5.41, 5.74) is 0.765. The lowest BCUT2D eigenvalue weighted by Gasteiger charge is -2.43. The molecular formula is C48H67N7O12S. The molecule has 2 bridgehead atoms. The van der Waals surface area contributed by atoms with E-state index in [2.05, 4.69) is 26.6 Å². The summed E-state index contributed by atoms with van der Waals surface area (Å²) in [6.07, 6.45) is 1.52. The molecular weight excluding hydrogens is 899 g/mol. The van der Waals surface area contributed by atoms with Gasteiger partial charge in [0.1, 0.15) is 60.0 Å². The second kappa shape index (κ2) is 25.8. The highest BCUT2D eigenvalue weighted by atomic mass is 32.2. The second-order valence-corrected chi connectivity index (χ2v) is 19.1. The number of nitrogens with one attached hydrogen (secondary N) is 5. The summed E-state index contributed by atoms with van der Waals surface area (Å²) in [5, 5.41) is 34.5. The van der Waals surface area contributed by atoms with Crippen molar-refractivity contribution in [3.8, 4) is 5.75 Å². The molecule has 9 atom stereocenters. The number of rotatable bonds is 15. The minimum atomic E-state index is -1.74.